The molecule has 1 rings (SSSR count). The molecular weight excluding hydrogens is 240 g/mol. The van der Waals surface area contributed by atoms with E-state index in [0.717, 1.165) is 17.8 Å². The van der Waals surface area contributed by atoms with Crippen LogP contribution in [-0.2, 0) is 9.59 Å². The molecule has 0 atom stereocenters. The number of hydrogen-bond donors (Lipinski definition) is 2. The van der Waals surface area contributed by atoms with Crippen molar-refractivity contribution in [2.24, 2.45) is 5.41 Å². The minimum Gasteiger partial charge on any atom is -0.326 e. The van der Waals surface area contributed by atoms with Gasteiger partial charge in [-0.15, -0.1) is 0 Å². The summed E-state index contributed by atoms with van der Waals surface area (Å²) in [5.74, 6) is -0.0238. The van der Waals surface area contributed by atoms with Crippen LogP contribution in [0, 0.1) is 5.41 Å². The van der Waals surface area contributed by atoms with E-state index in [1.54, 1.807) is 24.3 Å². The minimum atomic E-state index is -0.423. The lowest BCUT2D eigenvalue weighted by atomic mass is 9.95. The number of anilines is 2. The zero-order chi connectivity index (χ0) is 14.5. The molecule has 0 bridgehead atoms. The molecule has 0 aliphatic heterocycles. The van der Waals surface area contributed by atoms with Crippen LogP contribution in [0.3, 0.4) is 0 Å². The fraction of sp³-hybridized carbons (Fsp3) is 0.467. The minimum absolute atomic E-state index is 0.00831. The molecule has 4 nitrogen and oxygen atoms in total. The number of rotatable bonds is 4. The summed E-state index contributed by atoms with van der Waals surface area (Å²) in [6.07, 6.45) is 1.34. The van der Waals surface area contributed by atoms with Crippen LogP contribution >= 0.6 is 0 Å². The van der Waals surface area contributed by atoms with Crippen LogP contribution in [0.5, 0.6) is 0 Å². The summed E-state index contributed by atoms with van der Waals surface area (Å²) in [4.78, 5) is 23.2. The Morgan fingerprint density at radius 3 is 1.89 bits per heavy atom. The lowest BCUT2D eigenvalue weighted by Crippen LogP contribution is -2.27. The van der Waals surface area contributed by atoms with Gasteiger partial charge in [0.2, 0.25) is 11.8 Å². The van der Waals surface area contributed by atoms with Crippen molar-refractivity contribution in [3.8, 4) is 0 Å². The van der Waals surface area contributed by atoms with Gasteiger partial charge in [0.15, 0.2) is 0 Å². The summed E-state index contributed by atoms with van der Waals surface area (Å²) in [7, 11) is 0. The van der Waals surface area contributed by atoms with E-state index >= 15 is 0 Å². The first kappa shape index (κ1) is 15.2. The summed E-state index contributed by atoms with van der Waals surface area (Å²) in [5.41, 5.74) is 1.05. The van der Waals surface area contributed by atoms with Gasteiger partial charge in [-0.05, 0) is 30.7 Å². The third-order valence-corrected chi connectivity index (χ3v) is 2.58. The maximum atomic E-state index is 11.8. The van der Waals surface area contributed by atoms with E-state index in [1.807, 2.05) is 27.7 Å². The quantitative estimate of drug-likeness (QED) is 0.873. The highest BCUT2D eigenvalue weighted by molar-refractivity contribution is 5.95. The number of carbonyl (C=O) groups is 2. The first-order valence-corrected chi connectivity index (χ1v) is 6.54. The van der Waals surface area contributed by atoms with Crippen molar-refractivity contribution in [2.45, 2.75) is 40.5 Å². The van der Waals surface area contributed by atoms with E-state index in [2.05, 4.69) is 10.6 Å². The van der Waals surface area contributed by atoms with Crippen molar-refractivity contribution in [2.75, 3.05) is 10.6 Å². The Balaban J connectivity index is 2.62. The molecule has 0 heterocycles. The molecule has 0 spiro atoms. The van der Waals surface area contributed by atoms with Crippen molar-refractivity contribution < 1.29 is 9.59 Å². The summed E-state index contributed by atoms with van der Waals surface area (Å²) >= 11 is 0. The van der Waals surface area contributed by atoms with Crippen LogP contribution in [-0.4, -0.2) is 11.8 Å². The molecule has 1 aromatic carbocycles. The Labute approximate surface area is 114 Å². The zero-order valence-corrected chi connectivity index (χ0v) is 12.0. The number of carbonyl (C=O) groups excluding carboxylic acids is 2. The number of benzene rings is 1. The van der Waals surface area contributed by atoms with Gasteiger partial charge < -0.3 is 10.6 Å². The molecular formula is C15H22N2O2. The van der Waals surface area contributed by atoms with E-state index in [9.17, 15) is 9.59 Å². The number of hydrogen-bond acceptors (Lipinski definition) is 2. The second-order valence-corrected chi connectivity index (χ2v) is 5.58. The molecule has 0 saturated heterocycles. The van der Waals surface area contributed by atoms with Gasteiger partial charge in [-0.25, -0.2) is 0 Å². The van der Waals surface area contributed by atoms with Crippen molar-refractivity contribution in [1.82, 2.24) is 0 Å². The molecule has 0 unspecified atom stereocenters. The monoisotopic (exact) mass is 262 g/mol. The average molecular weight is 262 g/mol. The van der Waals surface area contributed by atoms with Gasteiger partial charge in [0.25, 0.3) is 0 Å². The summed E-state index contributed by atoms with van der Waals surface area (Å²) in [6.45, 7) is 7.55. The first-order valence-electron chi connectivity index (χ1n) is 6.54. The molecule has 4 heteroatoms. The third-order valence-electron chi connectivity index (χ3n) is 2.58. The van der Waals surface area contributed by atoms with Gasteiger partial charge in [0.05, 0.1) is 0 Å². The largest absolute Gasteiger partial charge is 0.326 e. The Kier molecular flexibility index (Phi) is 5.10. The summed E-state index contributed by atoms with van der Waals surface area (Å²) in [6, 6.07) is 7.13. The second-order valence-electron chi connectivity index (χ2n) is 5.58. The molecule has 19 heavy (non-hydrogen) atoms. The highest BCUT2D eigenvalue weighted by Gasteiger charge is 2.20. The van der Waals surface area contributed by atoms with Gasteiger partial charge in [-0.1, -0.05) is 27.7 Å². The molecule has 0 fully saturated rings. The van der Waals surface area contributed by atoms with E-state index in [0.29, 0.717) is 6.42 Å². The third kappa shape index (κ3) is 5.12. The summed E-state index contributed by atoms with van der Waals surface area (Å²) in [5, 5.41) is 5.64. The Bertz CT molecular complexity index is 444. The van der Waals surface area contributed by atoms with Crippen LogP contribution in [0.25, 0.3) is 0 Å². The van der Waals surface area contributed by atoms with E-state index in [1.165, 1.54) is 0 Å². The molecule has 2 amide bonds. The molecule has 104 valence electrons. The van der Waals surface area contributed by atoms with Gasteiger partial charge in [0.1, 0.15) is 0 Å². The summed E-state index contributed by atoms with van der Waals surface area (Å²) < 4.78 is 0. The van der Waals surface area contributed by atoms with E-state index < -0.39 is 5.41 Å². The SMILES string of the molecule is CCCC(=O)Nc1ccc(NC(=O)C(C)(C)C)cc1. The molecule has 1 aromatic rings. The predicted octanol–water partition coefficient (Wildman–Crippen LogP) is 3.41. The molecule has 0 aliphatic carbocycles. The van der Waals surface area contributed by atoms with Crippen molar-refractivity contribution in [1.29, 1.82) is 0 Å². The fourth-order valence-electron chi connectivity index (χ4n) is 1.41. The van der Waals surface area contributed by atoms with E-state index in [4.69, 9.17) is 0 Å². The normalized spacial score (nSPS) is 10.9. The Morgan fingerprint density at radius 2 is 1.47 bits per heavy atom. The first-order chi connectivity index (χ1) is 8.82. The zero-order valence-electron chi connectivity index (χ0n) is 12.0. The van der Waals surface area contributed by atoms with Gasteiger partial charge in [-0.2, -0.15) is 0 Å². The number of nitrogens with one attached hydrogen (secondary N) is 2. The van der Waals surface area contributed by atoms with Crippen LogP contribution in [0.1, 0.15) is 40.5 Å². The lowest BCUT2D eigenvalue weighted by Gasteiger charge is -2.17. The van der Waals surface area contributed by atoms with Crippen LogP contribution in [0.15, 0.2) is 24.3 Å². The average Bonchev–Trinajstić information content (AvgIpc) is 2.30. The van der Waals surface area contributed by atoms with Gasteiger partial charge >= 0.3 is 0 Å². The van der Waals surface area contributed by atoms with Crippen LogP contribution < -0.4 is 10.6 Å². The molecule has 0 radical (unpaired) electrons. The topological polar surface area (TPSA) is 58.2 Å². The molecule has 2 N–H and O–H groups in total. The maximum Gasteiger partial charge on any atom is 0.229 e. The molecule has 0 aromatic heterocycles. The lowest BCUT2D eigenvalue weighted by molar-refractivity contribution is -0.123. The highest BCUT2D eigenvalue weighted by atomic mass is 16.2. The predicted molar refractivity (Wildman–Crippen MR) is 78.1 cm³/mol. The van der Waals surface area contributed by atoms with Crippen molar-refractivity contribution in [3.63, 3.8) is 0 Å². The standard InChI is InChI=1S/C15H22N2O2/c1-5-6-13(18)16-11-7-9-12(10-8-11)17-14(19)15(2,3)4/h7-10H,5-6H2,1-4H3,(H,16,18)(H,17,19). The number of amides is 2. The fourth-order valence-corrected chi connectivity index (χ4v) is 1.41. The van der Waals surface area contributed by atoms with Gasteiger partial charge in [0, 0.05) is 23.2 Å². The van der Waals surface area contributed by atoms with Crippen LogP contribution in [0.4, 0.5) is 11.4 Å². The van der Waals surface area contributed by atoms with Crippen molar-refractivity contribution in [3.05, 3.63) is 24.3 Å². The Hall–Kier alpha value is -1.84. The van der Waals surface area contributed by atoms with Crippen molar-refractivity contribution >= 4 is 23.2 Å². The smallest absolute Gasteiger partial charge is 0.229 e. The Morgan fingerprint density at radius 1 is 1.00 bits per heavy atom. The van der Waals surface area contributed by atoms with Gasteiger partial charge in [-0.3, -0.25) is 9.59 Å². The molecule has 0 saturated carbocycles. The maximum absolute atomic E-state index is 11.8. The highest BCUT2D eigenvalue weighted by Crippen LogP contribution is 2.19. The molecule has 0 aliphatic rings. The van der Waals surface area contributed by atoms with Crippen LogP contribution in [0.2, 0.25) is 0 Å². The van der Waals surface area contributed by atoms with E-state index in [-0.39, 0.29) is 11.8 Å². The second kappa shape index (κ2) is 6.36.